The van der Waals surface area contributed by atoms with Crippen LogP contribution in [-0.2, 0) is 5.41 Å². The summed E-state index contributed by atoms with van der Waals surface area (Å²) in [5.74, 6) is 0. The minimum absolute atomic E-state index is 0.0943. The van der Waals surface area contributed by atoms with Crippen LogP contribution in [0.4, 0.5) is 0 Å². The van der Waals surface area contributed by atoms with E-state index in [2.05, 4.69) is 16.4 Å². The van der Waals surface area contributed by atoms with Gasteiger partial charge in [0.05, 0.1) is 6.61 Å². The van der Waals surface area contributed by atoms with Gasteiger partial charge in [-0.2, -0.15) is 0 Å². The van der Waals surface area contributed by atoms with Crippen molar-refractivity contribution >= 4 is 0 Å². The van der Waals surface area contributed by atoms with E-state index >= 15 is 0 Å². The van der Waals surface area contributed by atoms with Crippen molar-refractivity contribution in [3.05, 3.63) is 30.1 Å². The molecule has 98 valence electrons. The number of nitrogens with one attached hydrogen (secondary N) is 1. The van der Waals surface area contributed by atoms with Crippen LogP contribution < -0.4 is 5.32 Å². The lowest BCUT2D eigenvalue weighted by Gasteiger charge is -2.38. The zero-order valence-corrected chi connectivity index (χ0v) is 10.8. The van der Waals surface area contributed by atoms with Crippen molar-refractivity contribution in [3.8, 4) is 0 Å². The number of hydrogen-bond donors (Lipinski definition) is 2. The highest BCUT2D eigenvalue weighted by Gasteiger charge is 2.38. The third-order valence-electron chi connectivity index (χ3n) is 4.50. The van der Waals surface area contributed by atoms with Gasteiger partial charge < -0.3 is 10.4 Å². The second kappa shape index (κ2) is 4.98. The molecule has 1 heterocycles. The average Bonchev–Trinajstić information content (AvgIpc) is 3.25. The summed E-state index contributed by atoms with van der Waals surface area (Å²) in [6, 6.07) is 7.46. The molecule has 3 nitrogen and oxygen atoms in total. The summed E-state index contributed by atoms with van der Waals surface area (Å²) in [5.41, 5.74) is 0.973. The first kappa shape index (κ1) is 12.1. The lowest BCUT2D eigenvalue weighted by molar-refractivity contribution is 0.134. The van der Waals surface area contributed by atoms with Gasteiger partial charge in [0.15, 0.2) is 0 Å². The van der Waals surface area contributed by atoms with Gasteiger partial charge in [0.1, 0.15) is 0 Å². The van der Waals surface area contributed by atoms with E-state index in [1.165, 1.54) is 12.8 Å². The predicted octanol–water partition coefficient (Wildman–Crippen LogP) is 2.01. The van der Waals surface area contributed by atoms with Crippen LogP contribution in [0, 0.1) is 0 Å². The molecule has 18 heavy (non-hydrogen) atoms. The molecular formula is C15H22N2O. The van der Waals surface area contributed by atoms with E-state index in [9.17, 15) is 5.11 Å². The number of pyridine rings is 1. The Labute approximate surface area is 109 Å². The van der Waals surface area contributed by atoms with Crippen LogP contribution in [0.15, 0.2) is 24.4 Å². The summed E-state index contributed by atoms with van der Waals surface area (Å²) in [6.07, 6.45) is 8.95. The van der Waals surface area contributed by atoms with Crippen molar-refractivity contribution in [3.63, 3.8) is 0 Å². The van der Waals surface area contributed by atoms with E-state index in [4.69, 9.17) is 0 Å². The summed E-state index contributed by atoms with van der Waals surface area (Å²) in [5, 5.41) is 13.5. The van der Waals surface area contributed by atoms with E-state index in [0.29, 0.717) is 6.04 Å². The molecule has 0 bridgehead atoms. The molecule has 1 aromatic heterocycles. The molecule has 3 rings (SSSR count). The Morgan fingerprint density at radius 3 is 2.44 bits per heavy atom. The number of nitrogens with zero attached hydrogens (tertiary/aromatic N) is 1. The van der Waals surface area contributed by atoms with Gasteiger partial charge in [0.25, 0.3) is 0 Å². The highest BCUT2D eigenvalue weighted by atomic mass is 16.3. The molecule has 0 unspecified atom stereocenters. The maximum absolute atomic E-state index is 9.82. The van der Waals surface area contributed by atoms with Crippen molar-refractivity contribution in [1.29, 1.82) is 0 Å². The molecule has 0 aliphatic heterocycles. The van der Waals surface area contributed by atoms with Crippen molar-refractivity contribution < 1.29 is 5.11 Å². The van der Waals surface area contributed by atoms with Crippen LogP contribution in [0.25, 0.3) is 0 Å². The van der Waals surface area contributed by atoms with Gasteiger partial charge in [-0.1, -0.05) is 6.07 Å². The molecule has 0 saturated heterocycles. The van der Waals surface area contributed by atoms with Gasteiger partial charge in [0, 0.05) is 29.4 Å². The van der Waals surface area contributed by atoms with Crippen LogP contribution in [-0.4, -0.2) is 28.8 Å². The molecule has 3 heteroatoms. The van der Waals surface area contributed by atoms with Gasteiger partial charge in [-0.25, -0.2) is 0 Å². The SMILES string of the molecule is OCC1(c2ccccn2)CCC(NC2CC2)CC1. The van der Waals surface area contributed by atoms with Crippen LogP contribution in [0.1, 0.15) is 44.2 Å². The molecule has 2 saturated carbocycles. The standard InChI is InChI=1S/C15H22N2O/c18-11-15(14-3-1-2-10-16-14)8-6-13(7-9-15)17-12-4-5-12/h1-3,10,12-13,17-18H,4-9,11H2. The predicted molar refractivity (Wildman–Crippen MR) is 71.4 cm³/mol. The molecule has 0 aromatic carbocycles. The summed E-state index contributed by atoms with van der Waals surface area (Å²) in [6.45, 7) is 0.222. The quantitative estimate of drug-likeness (QED) is 0.854. The number of aromatic nitrogens is 1. The zero-order valence-electron chi connectivity index (χ0n) is 10.8. The third-order valence-corrected chi connectivity index (χ3v) is 4.50. The smallest absolute Gasteiger partial charge is 0.0543 e. The second-order valence-corrected chi connectivity index (χ2v) is 5.87. The first-order valence-corrected chi connectivity index (χ1v) is 7.11. The Kier molecular flexibility index (Phi) is 3.35. The van der Waals surface area contributed by atoms with Gasteiger partial charge in [-0.3, -0.25) is 4.98 Å². The maximum Gasteiger partial charge on any atom is 0.0543 e. The first-order chi connectivity index (χ1) is 8.82. The normalized spacial score (nSPS) is 32.4. The molecular weight excluding hydrogens is 224 g/mol. The third kappa shape index (κ3) is 2.43. The Morgan fingerprint density at radius 1 is 1.17 bits per heavy atom. The fraction of sp³-hybridized carbons (Fsp3) is 0.667. The van der Waals surface area contributed by atoms with Crippen LogP contribution in [0.2, 0.25) is 0 Å². The van der Waals surface area contributed by atoms with Gasteiger partial charge in [-0.15, -0.1) is 0 Å². The first-order valence-electron chi connectivity index (χ1n) is 7.11. The Balaban J connectivity index is 1.67. The monoisotopic (exact) mass is 246 g/mol. The van der Waals surface area contributed by atoms with Crippen LogP contribution in [0.5, 0.6) is 0 Å². The van der Waals surface area contributed by atoms with Crippen LogP contribution >= 0.6 is 0 Å². The highest BCUT2D eigenvalue weighted by molar-refractivity contribution is 5.18. The highest BCUT2D eigenvalue weighted by Crippen LogP contribution is 2.38. The minimum Gasteiger partial charge on any atom is -0.395 e. The summed E-state index contributed by atoms with van der Waals surface area (Å²) < 4.78 is 0. The van der Waals surface area contributed by atoms with Crippen molar-refractivity contribution in [2.75, 3.05) is 6.61 Å². The average molecular weight is 246 g/mol. The van der Waals surface area contributed by atoms with E-state index in [1.54, 1.807) is 0 Å². The lowest BCUT2D eigenvalue weighted by Crippen LogP contribution is -2.42. The molecule has 2 aliphatic rings. The van der Waals surface area contributed by atoms with Crippen LogP contribution in [0.3, 0.4) is 0 Å². The molecule has 0 radical (unpaired) electrons. The molecule has 1 aromatic rings. The summed E-state index contributed by atoms with van der Waals surface area (Å²) in [7, 11) is 0. The molecule has 2 aliphatic carbocycles. The summed E-state index contributed by atoms with van der Waals surface area (Å²) in [4.78, 5) is 4.46. The van der Waals surface area contributed by atoms with Gasteiger partial charge in [0.2, 0.25) is 0 Å². The Bertz CT molecular complexity index is 381. The fourth-order valence-electron chi connectivity index (χ4n) is 3.09. The molecule has 0 spiro atoms. The maximum atomic E-state index is 9.82. The molecule has 2 fully saturated rings. The van der Waals surface area contributed by atoms with Crippen molar-refractivity contribution in [2.45, 2.75) is 56.0 Å². The number of rotatable bonds is 4. The van der Waals surface area contributed by atoms with Gasteiger partial charge >= 0.3 is 0 Å². The Morgan fingerprint density at radius 2 is 1.89 bits per heavy atom. The van der Waals surface area contributed by atoms with E-state index in [0.717, 1.165) is 37.4 Å². The van der Waals surface area contributed by atoms with E-state index in [1.807, 2.05) is 18.3 Å². The van der Waals surface area contributed by atoms with Crippen molar-refractivity contribution in [2.24, 2.45) is 0 Å². The summed E-state index contributed by atoms with van der Waals surface area (Å²) >= 11 is 0. The van der Waals surface area contributed by atoms with E-state index in [-0.39, 0.29) is 12.0 Å². The Hall–Kier alpha value is -0.930. The molecule has 2 N–H and O–H groups in total. The second-order valence-electron chi connectivity index (χ2n) is 5.87. The molecule has 0 atom stereocenters. The lowest BCUT2D eigenvalue weighted by atomic mass is 9.70. The van der Waals surface area contributed by atoms with Crippen molar-refractivity contribution in [1.82, 2.24) is 10.3 Å². The minimum atomic E-state index is -0.0943. The number of hydrogen-bond acceptors (Lipinski definition) is 3. The number of aliphatic hydroxyl groups is 1. The van der Waals surface area contributed by atoms with E-state index < -0.39 is 0 Å². The van der Waals surface area contributed by atoms with Gasteiger partial charge in [-0.05, 0) is 50.7 Å². The number of aliphatic hydroxyl groups excluding tert-OH is 1. The fourth-order valence-corrected chi connectivity index (χ4v) is 3.09. The zero-order chi connectivity index (χ0) is 12.4. The topological polar surface area (TPSA) is 45.2 Å². The molecule has 0 amide bonds. The largest absolute Gasteiger partial charge is 0.395 e.